The van der Waals surface area contributed by atoms with Gasteiger partial charge in [-0.25, -0.2) is 4.39 Å². The molecular weight excluding hydrogens is 428 g/mol. The minimum Gasteiger partial charge on any atom is -0.313 e. The SMILES string of the molecule is Cc1cc(-n2c(C(C)C)cc3c(I)c4[nH]nc(C)c4cc32)ccc1F. The van der Waals surface area contributed by atoms with E-state index in [1.807, 2.05) is 26.0 Å². The first-order valence-electron chi connectivity index (χ1n) is 8.33. The molecule has 0 bridgehead atoms. The highest BCUT2D eigenvalue weighted by Gasteiger charge is 2.19. The van der Waals surface area contributed by atoms with Crippen molar-refractivity contribution in [1.82, 2.24) is 14.8 Å². The van der Waals surface area contributed by atoms with Gasteiger partial charge in [0.1, 0.15) is 5.82 Å². The third kappa shape index (κ3) is 2.47. The monoisotopic (exact) mass is 447 g/mol. The predicted molar refractivity (Wildman–Crippen MR) is 109 cm³/mol. The summed E-state index contributed by atoms with van der Waals surface area (Å²) in [7, 11) is 0. The zero-order valence-electron chi connectivity index (χ0n) is 14.6. The van der Waals surface area contributed by atoms with E-state index in [0.717, 1.165) is 27.8 Å². The summed E-state index contributed by atoms with van der Waals surface area (Å²) in [5.41, 5.74) is 6.07. The van der Waals surface area contributed by atoms with E-state index in [2.05, 4.69) is 63.3 Å². The molecule has 2 heterocycles. The van der Waals surface area contributed by atoms with Crippen LogP contribution in [-0.4, -0.2) is 14.8 Å². The van der Waals surface area contributed by atoms with Crippen molar-refractivity contribution in [3.05, 3.63) is 56.7 Å². The molecule has 4 aromatic rings. The first-order valence-corrected chi connectivity index (χ1v) is 9.41. The lowest BCUT2D eigenvalue weighted by atomic mass is 10.1. The Labute approximate surface area is 159 Å². The second-order valence-corrected chi connectivity index (χ2v) is 7.93. The molecule has 0 aliphatic heterocycles. The van der Waals surface area contributed by atoms with E-state index in [4.69, 9.17) is 0 Å². The molecule has 0 saturated heterocycles. The molecule has 0 spiro atoms. The first-order chi connectivity index (χ1) is 11.9. The van der Waals surface area contributed by atoms with Gasteiger partial charge < -0.3 is 4.57 Å². The third-order valence-electron chi connectivity index (χ3n) is 4.79. The number of aromatic amines is 1. The fraction of sp³-hybridized carbons (Fsp3) is 0.250. The number of H-pyrrole nitrogens is 1. The quantitative estimate of drug-likeness (QED) is 0.377. The van der Waals surface area contributed by atoms with Crippen LogP contribution in [0.5, 0.6) is 0 Å². The van der Waals surface area contributed by atoms with Crippen LogP contribution in [0, 0.1) is 23.2 Å². The number of hydrogen-bond donors (Lipinski definition) is 1. The van der Waals surface area contributed by atoms with Crippen LogP contribution < -0.4 is 0 Å². The number of aromatic nitrogens is 3. The van der Waals surface area contributed by atoms with Crippen LogP contribution in [0.2, 0.25) is 0 Å². The Bertz CT molecular complexity index is 1120. The Morgan fingerprint density at radius 3 is 2.56 bits per heavy atom. The van der Waals surface area contributed by atoms with Crippen molar-refractivity contribution in [2.45, 2.75) is 33.6 Å². The van der Waals surface area contributed by atoms with Gasteiger partial charge in [0.15, 0.2) is 0 Å². The number of aryl methyl sites for hydroxylation is 2. The van der Waals surface area contributed by atoms with Gasteiger partial charge in [0.25, 0.3) is 0 Å². The van der Waals surface area contributed by atoms with Gasteiger partial charge in [-0.05, 0) is 78.3 Å². The van der Waals surface area contributed by atoms with Gasteiger partial charge in [-0.1, -0.05) is 13.8 Å². The van der Waals surface area contributed by atoms with Gasteiger partial charge in [-0.2, -0.15) is 5.10 Å². The minimum atomic E-state index is -0.172. The molecule has 0 saturated carbocycles. The molecule has 5 heteroatoms. The van der Waals surface area contributed by atoms with Crippen molar-refractivity contribution in [2.24, 2.45) is 0 Å². The van der Waals surface area contributed by atoms with Crippen molar-refractivity contribution >= 4 is 44.4 Å². The highest BCUT2D eigenvalue weighted by Crippen LogP contribution is 2.36. The van der Waals surface area contributed by atoms with Crippen LogP contribution >= 0.6 is 22.6 Å². The second-order valence-electron chi connectivity index (χ2n) is 6.85. The molecule has 2 aromatic carbocycles. The predicted octanol–water partition coefficient (Wildman–Crippen LogP) is 5.99. The van der Waals surface area contributed by atoms with E-state index in [-0.39, 0.29) is 5.82 Å². The van der Waals surface area contributed by atoms with Crippen LogP contribution in [0.15, 0.2) is 30.3 Å². The third-order valence-corrected chi connectivity index (χ3v) is 5.91. The summed E-state index contributed by atoms with van der Waals surface area (Å²) < 4.78 is 17.2. The number of fused-ring (bicyclic) bond motifs is 2. The molecule has 0 amide bonds. The molecule has 3 nitrogen and oxygen atoms in total. The molecule has 1 N–H and O–H groups in total. The Morgan fingerprint density at radius 1 is 1.12 bits per heavy atom. The van der Waals surface area contributed by atoms with Crippen LogP contribution in [-0.2, 0) is 0 Å². The molecule has 0 unspecified atom stereocenters. The lowest BCUT2D eigenvalue weighted by Crippen LogP contribution is -2.02. The molecule has 4 rings (SSSR count). The molecule has 25 heavy (non-hydrogen) atoms. The van der Waals surface area contributed by atoms with Crippen molar-refractivity contribution in [3.63, 3.8) is 0 Å². The van der Waals surface area contributed by atoms with Crippen molar-refractivity contribution in [1.29, 1.82) is 0 Å². The summed E-state index contributed by atoms with van der Waals surface area (Å²) in [6.07, 6.45) is 0. The van der Waals surface area contributed by atoms with E-state index >= 15 is 0 Å². The first kappa shape index (κ1) is 16.6. The number of halogens is 2. The molecule has 0 radical (unpaired) electrons. The van der Waals surface area contributed by atoms with Crippen molar-refractivity contribution < 1.29 is 4.39 Å². The summed E-state index contributed by atoms with van der Waals surface area (Å²) in [5.74, 6) is 0.181. The van der Waals surface area contributed by atoms with Gasteiger partial charge in [-0.15, -0.1) is 0 Å². The van der Waals surface area contributed by atoms with E-state index < -0.39 is 0 Å². The maximum absolute atomic E-state index is 13.8. The van der Waals surface area contributed by atoms with E-state index in [1.165, 1.54) is 14.7 Å². The van der Waals surface area contributed by atoms with Crippen molar-refractivity contribution in [3.8, 4) is 5.69 Å². The van der Waals surface area contributed by atoms with Crippen LogP contribution in [0.25, 0.3) is 27.5 Å². The second kappa shape index (κ2) is 5.83. The zero-order chi connectivity index (χ0) is 17.9. The Morgan fingerprint density at radius 2 is 1.88 bits per heavy atom. The van der Waals surface area contributed by atoms with Gasteiger partial charge in [0, 0.05) is 25.7 Å². The molecule has 0 fully saturated rings. The number of benzene rings is 2. The molecule has 0 aliphatic carbocycles. The smallest absolute Gasteiger partial charge is 0.126 e. The lowest BCUT2D eigenvalue weighted by molar-refractivity contribution is 0.618. The lowest BCUT2D eigenvalue weighted by Gasteiger charge is -2.14. The Hall–Kier alpha value is -1.89. The fourth-order valence-corrected chi connectivity index (χ4v) is 4.24. The zero-order valence-corrected chi connectivity index (χ0v) is 16.8. The van der Waals surface area contributed by atoms with Gasteiger partial charge in [0.05, 0.1) is 16.7 Å². The standard InChI is InChI=1S/C20H19FIN3/c1-10(2)17-9-15-18(8-14-12(4)23-24-20(14)19(15)22)25(17)13-5-6-16(21)11(3)7-13/h5-10H,1-4H3,(H,23,24). The molecule has 0 aliphatic rings. The largest absolute Gasteiger partial charge is 0.313 e. The summed E-state index contributed by atoms with van der Waals surface area (Å²) >= 11 is 2.39. The fourth-order valence-electron chi connectivity index (χ4n) is 3.40. The molecule has 2 aromatic heterocycles. The maximum Gasteiger partial charge on any atom is 0.126 e. The minimum absolute atomic E-state index is 0.172. The Kier molecular flexibility index (Phi) is 3.86. The number of nitrogens with zero attached hydrogens (tertiary/aromatic N) is 2. The average molecular weight is 447 g/mol. The topological polar surface area (TPSA) is 33.6 Å². The number of hydrogen-bond acceptors (Lipinski definition) is 1. The molecule has 0 atom stereocenters. The van der Waals surface area contributed by atoms with Gasteiger partial charge in [-0.3, -0.25) is 5.10 Å². The van der Waals surface area contributed by atoms with Crippen LogP contribution in [0.4, 0.5) is 4.39 Å². The number of rotatable bonds is 2. The number of nitrogens with one attached hydrogen (secondary N) is 1. The highest BCUT2D eigenvalue weighted by atomic mass is 127. The maximum atomic E-state index is 13.8. The molecule has 128 valence electrons. The highest BCUT2D eigenvalue weighted by molar-refractivity contribution is 14.1. The van der Waals surface area contributed by atoms with E-state index in [9.17, 15) is 4.39 Å². The Balaban J connectivity index is 2.15. The summed E-state index contributed by atoms with van der Waals surface area (Å²) in [6.45, 7) is 8.19. The van der Waals surface area contributed by atoms with Crippen LogP contribution in [0.3, 0.4) is 0 Å². The average Bonchev–Trinajstić information content (AvgIpc) is 3.13. The summed E-state index contributed by atoms with van der Waals surface area (Å²) in [4.78, 5) is 0. The van der Waals surface area contributed by atoms with Crippen molar-refractivity contribution in [2.75, 3.05) is 0 Å². The van der Waals surface area contributed by atoms with Gasteiger partial charge in [0.2, 0.25) is 0 Å². The van der Waals surface area contributed by atoms with E-state index in [1.54, 1.807) is 6.07 Å². The van der Waals surface area contributed by atoms with E-state index in [0.29, 0.717) is 11.5 Å². The normalized spacial score (nSPS) is 12.0. The summed E-state index contributed by atoms with van der Waals surface area (Å²) in [5, 5.41) is 9.83. The molecular formula is C20H19FIN3. The summed E-state index contributed by atoms with van der Waals surface area (Å²) in [6, 6.07) is 9.76. The van der Waals surface area contributed by atoms with Gasteiger partial charge >= 0.3 is 0 Å². The van der Waals surface area contributed by atoms with Crippen LogP contribution in [0.1, 0.15) is 36.7 Å².